The Balaban J connectivity index is 1.54. The van der Waals surface area contributed by atoms with Gasteiger partial charge < -0.3 is 11.1 Å². The smallest absolute Gasteiger partial charge is 0.255 e. The highest BCUT2D eigenvalue weighted by Gasteiger charge is 2.31. The van der Waals surface area contributed by atoms with E-state index in [4.69, 9.17) is 5.73 Å². The van der Waals surface area contributed by atoms with Crippen LogP contribution in [0, 0.1) is 0 Å². The van der Waals surface area contributed by atoms with Crippen LogP contribution in [0.4, 0.5) is 0 Å². The third-order valence-electron chi connectivity index (χ3n) is 4.63. The lowest BCUT2D eigenvalue weighted by Gasteiger charge is -2.18. The van der Waals surface area contributed by atoms with Crippen molar-refractivity contribution in [3.63, 3.8) is 0 Å². The number of carbonyl (C=O) groups excluding carboxylic acids is 1. The van der Waals surface area contributed by atoms with Crippen LogP contribution in [0.2, 0.25) is 0 Å². The van der Waals surface area contributed by atoms with Crippen LogP contribution in [-0.2, 0) is 6.42 Å². The summed E-state index contributed by atoms with van der Waals surface area (Å²) in [5.41, 5.74) is 9.19. The zero-order valence-electron chi connectivity index (χ0n) is 14.0. The summed E-state index contributed by atoms with van der Waals surface area (Å²) >= 11 is 0. The molecule has 0 spiro atoms. The van der Waals surface area contributed by atoms with E-state index in [0.29, 0.717) is 17.7 Å². The lowest BCUT2D eigenvalue weighted by molar-refractivity contribution is 0.0933. The van der Waals surface area contributed by atoms with E-state index in [1.807, 2.05) is 12.1 Å². The number of rotatable bonds is 3. The van der Waals surface area contributed by atoms with Crippen molar-refractivity contribution >= 4 is 5.91 Å². The molecular weight excluding hydrogens is 328 g/mol. The first-order chi connectivity index (χ1) is 12.6. The molecule has 0 saturated heterocycles. The Morgan fingerprint density at radius 1 is 1.12 bits per heavy atom. The van der Waals surface area contributed by atoms with Crippen LogP contribution in [-0.4, -0.2) is 21.5 Å². The molecule has 0 aliphatic heterocycles. The molecule has 1 aliphatic carbocycles. The Hall–Kier alpha value is -3.25. The van der Waals surface area contributed by atoms with Gasteiger partial charge >= 0.3 is 0 Å². The number of amides is 1. The second kappa shape index (κ2) is 6.57. The SMILES string of the molecule is NC1Cc2ncccc2C1NC(=O)c1ccc(-n2ccccc2=O)cc1. The number of fused-ring (bicyclic) bond motifs is 1. The maximum Gasteiger partial charge on any atom is 0.255 e. The van der Waals surface area contributed by atoms with Gasteiger partial charge in [-0.1, -0.05) is 12.1 Å². The normalized spacial score (nSPS) is 18.3. The van der Waals surface area contributed by atoms with E-state index in [1.165, 1.54) is 10.6 Å². The fourth-order valence-corrected chi connectivity index (χ4v) is 3.30. The topological polar surface area (TPSA) is 90.0 Å². The number of benzene rings is 1. The van der Waals surface area contributed by atoms with Gasteiger partial charge in [0.1, 0.15) is 0 Å². The molecule has 2 atom stereocenters. The standard InChI is InChI=1S/C20H18N4O2/c21-16-12-17-15(4-3-10-22-17)19(16)23-20(26)13-6-8-14(9-7-13)24-11-2-1-5-18(24)25/h1-11,16,19H,12,21H2,(H,23,26). The van der Waals surface area contributed by atoms with Gasteiger partial charge in [-0.25, -0.2) is 0 Å². The Morgan fingerprint density at radius 3 is 2.69 bits per heavy atom. The van der Waals surface area contributed by atoms with Gasteiger partial charge in [0.05, 0.1) is 6.04 Å². The highest BCUT2D eigenvalue weighted by molar-refractivity contribution is 5.94. The first-order valence-electron chi connectivity index (χ1n) is 8.42. The summed E-state index contributed by atoms with van der Waals surface area (Å²) in [7, 11) is 0. The lowest BCUT2D eigenvalue weighted by atomic mass is 10.1. The molecule has 0 bridgehead atoms. The van der Waals surface area contributed by atoms with Crippen LogP contribution in [0.5, 0.6) is 0 Å². The number of nitrogens with zero attached hydrogens (tertiary/aromatic N) is 2. The molecule has 2 aromatic heterocycles. The zero-order valence-corrected chi connectivity index (χ0v) is 14.0. The number of hydrogen-bond donors (Lipinski definition) is 2. The Morgan fingerprint density at radius 2 is 1.92 bits per heavy atom. The van der Waals surface area contributed by atoms with Crippen molar-refractivity contribution in [1.82, 2.24) is 14.9 Å². The van der Waals surface area contributed by atoms with Crippen LogP contribution < -0.4 is 16.6 Å². The van der Waals surface area contributed by atoms with Crippen LogP contribution in [0.1, 0.15) is 27.7 Å². The molecule has 6 nitrogen and oxygen atoms in total. The van der Waals surface area contributed by atoms with Crippen LogP contribution in [0.25, 0.3) is 5.69 Å². The average Bonchev–Trinajstić information content (AvgIpc) is 2.98. The summed E-state index contributed by atoms with van der Waals surface area (Å²) in [4.78, 5) is 28.8. The predicted molar refractivity (Wildman–Crippen MR) is 98.2 cm³/mol. The summed E-state index contributed by atoms with van der Waals surface area (Å²) in [5.74, 6) is -0.200. The largest absolute Gasteiger partial charge is 0.344 e. The van der Waals surface area contributed by atoms with Gasteiger partial charge in [0.25, 0.3) is 11.5 Å². The Bertz CT molecular complexity index is 1010. The summed E-state index contributed by atoms with van der Waals surface area (Å²) in [6, 6.07) is 15.2. The predicted octanol–water partition coefficient (Wildman–Crippen LogP) is 1.59. The van der Waals surface area contributed by atoms with Crippen molar-refractivity contribution < 1.29 is 4.79 Å². The van der Waals surface area contributed by atoms with Crippen molar-refractivity contribution in [3.8, 4) is 5.69 Å². The van der Waals surface area contributed by atoms with Crippen molar-refractivity contribution in [1.29, 1.82) is 0 Å². The molecule has 2 unspecified atom stereocenters. The quantitative estimate of drug-likeness (QED) is 0.753. The second-order valence-electron chi connectivity index (χ2n) is 6.31. The highest BCUT2D eigenvalue weighted by Crippen LogP contribution is 2.28. The van der Waals surface area contributed by atoms with Crippen molar-refractivity contribution in [2.75, 3.05) is 0 Å². The monoisotopic (exact) mass is 346 g/mol. The number of pyridine rings is 2. The number of carbonyl (C=O) groups is 1. The molecular formula is C20H18N4O2. The van der Waals surface area contributed by atoms with E-state index >= 15 is 0 Å². The second-order valence-corrected chi connectivity index (χ2v) is 6.31. The van der Waals surface area contributed by atoms with E-state index in [2.05, 4.69) is 10.3 Å². The number of nitrogens with one attached hydrogen (secondary N) is 1. The van der Waals surface area contributed by atoms with Gasteiger partial charge in [0.2, 0.25) is 0 Å². The summed E-state index contributed by atoms with van der Waals surface area (Å²) in [6.45, 7) is 0. The Kier molecular flexibility index (Phi) is 4.10. The molecule has 1 aliphatic rings. The fourth-order valence-electron chi connectivity index (χ4n) is 3.30. The van der Waals surface area contributed by atoms with E-state index in [0.717, 1.165) is 11.3 Å². The van der Waals surface area contributed by atoms with Gasteiger partial charge in [0, 0.05) is 47.9 Å². The number of hydrogen-bond acceptors (Lipinski definition) is 4. The van der Waals surface area contributed by atoms with Gasteiger partial charge in [-0.2, -0.15) is 0 Å². The molecule has 3 N–H and O–H groups in total. The zero-order chi connectivity index (χ0) is 18.1. The highest BCUT2D eigenvalue weighted by atomic mass is 16.1. The molecule has 4 rings (SSSR count). The fraction of sp³-hybridized carbons (Fsp3) is 0.150. The van der Waals surface area contributed by atoms with Gasteiger partial charge in [-0.15, -0.1) is 0 Å². The van der Waals surface area contributed by atoms with Crippen LogP contribution in [0.15, 0.2) is 71.8 Å². The molecule has 0 fully saturated rings. The maximum absolute atomic E-state index is 12.6. The molecule has 26 heavy (non-hydrogen) atoms. The van der Waals surface area contributed by atoms with Crippen molar-refractivity contribution in [3.05, 3.63) is 94.2 Å². The molecule has 1 aromatic carbocycles. The minimum absolute atomic E-state index is 0.120. The van der Waals surface area contributed by atoms with Crippen LogP contribution >= 0.6 is 0 Å². The molecule has 130 valence electrons. The number of nitrogens with two attached hydrogens (primary N) is 1. The first kappa shape index (κ1) is 16.2. The first-order valence-corrected chi connectivity index (χ1v) is 8.42. The summed E-state index contributed by atoms with van der Waals surface area (Å²) in [6.07, 6.45) is 4.08. The average molecular weight is 346 g/mol. The van der Waals surface area contributed by atoms with E-state index in [-0.39, 0.29) is 23.6 Å². The molecule has 0 radical (unpaired) electrons. The Labute approximate surface area is 150 Å². The third-order valence-corrected chi connectivity index (χ3v) is 4.63. The van der Waals surface area contributed by atoms with Crippen LogP contribution in [0.3, 0.4) is 0 Å². The van der Waals surface area contributed by atoms with Gasteiger partial charge in [-0.05, 0) is 42.0 Å². The van der Waals surface area contributed by atoms with Crippen molar-refractivity contribution in [2.24, 2.45) is 5.73 Å². The maximum atomic E-state index is 12.6. The minimum atomic E-state index is -0.248. The van der Waals surface area contributed by atoms with E-state index < -0.39 is 0 Å². The molecule has 1 amide bonds. The summed E-state index contributed by atoms with van der Waals surface area (Å²) in [5, 5.41) is 3.00. The summed E-state index contributed by atoms with van der Waals surface area (Å²) < 4.78 is 1.52. The number of aromatic nitrogens is 2. The van der Waals surface area contributed by atoms with Gasteiger partial charge in [-0.3, -0.25) is 19.1 Å². The minimum Gasteiger partial charge on any atom is -0.344 e. The molecule has 3 aromatic rings. The molecule has 0 saturated carbocycles. The van der Waals surface area contributed by atoms with Gasteiger partial charge in [0.15, 0.2) is 0 Å². The van der Waals surface area contributed by atoms with Crippen molar-refractivity contribution in [2.45, 2.75) is 18.5 Å². The van der Waals surface area contributed by atoms with E-state index in [1.54, 1.807) is 48.8 Å². The molecule has 2 heterocycles. The molecule has 6 heteroatoms. The lowest BCUT2D eigenvalue weighted by Crippen LogP contribution is -2.38. The third kappa shape index (κ3) is 2.91. The van der Waals surface area contributed by atoms with E-state index in [9.17, 15) is 9.59 Å².